The van der Waals surface area contributed by atoms with E-state index < -0.39 is 0 Å². The molecule has 1 aromatic rings. The van der Waals surface area contributed by atoms with Crippen molar-refractivity contribution in [3.63, 3.8) is 0 Å². The highest BCUT2D eigenvalue weighted by molar-refractivity contribution is 6.30. The Kier molecular flexibility index (Phi) is 4.66. The average Bonchev–Trinajstić information content (AvgIpc) is 2.70. The Morgan fingerprint density at radius 3 is 3.24 bits per heavy atom. The largest absolute Gasteiger partial charge is 0.488 e. The first kappa shape index (κ1) is 12.7. The third kappa shape index (κ3) is 3.60. The summed E-state index contributed by atoms with van der Waals surface area (Å²) in [5, 5.41) is 4.15. The highest BCUT2D eigenvalue weighted by Crippen LogP contribution is 2.30. The van der Waals surface area contributed by atoms with Crippen molar-refractivity contribution in [3.05, 3.63) is 28.8 Å². The van der Waals surface area contributed by atoms with Gasteiger partial charge in [-0.1, -0.05) is 11.6 Å². The SMILES string of the molecule is COCCCNCC1Cc2cc(Cl)ccc2O1. The van der Waals surface area contributed by atoms with Crippen LogP contribution in [0.3, 0.4) is 0 Å². The predicted octanol–water partition coefficient (Wildman–Crippen LogP) is 2.27. The number of methoxy groups -OCH3 is 1. The van der Waals surface area contributed by atoms with Crippen LogP contribution in [0.25, 0.3) is 0 Å². The summed E-state index contributed by atoms with van der Waals surface area (Å²) < 4.78 is 10.8. The van der Waals surface area contributed by atoms with Crippen LogP contribution >= 0.6 is 11.6 Å². The van der Waals surface area contributed by atoms with Crippen molar-refractivity contribution in [1.29, 1.82) is 0 Å². The Morgan fingerprint density at radius 1 is 1.53 bits per heavy atom. The van der Waals surface area contributed by atoms with E-state index in [1.807, 2.05) is 18.2 Å². The summed E-state index contributed by atoms with van der Waals surface area (Å²) in [5.41, 5.74) is 1.21. The number of nitrogens with one attached hydrogen (secondary N) is 1. The maximum atomic E-state index is 5.95. The first-order valence-corrected chi connectivity index (χ1v) is 6.32. The van der Waals surface area contributed by atoms with Gasteiger partial charge in [-0.3, -0.25) is 0 Å². The smallest absolute Gasteiger partial charge is 0.123 e. The van der Waals surface area contributed by atoms with E-state index in [-0.39, 0.29) is 6.10 Å². The van der Waals surface area contributed by atoms with Crippen LogP contribution in [-0.4, -0.2) is 32.9 Å². The molecule has 1 N–H and O–H groups in total. The Hall–Kier alpha value is -0.770. The summed E-state index contributed by atoms with van der Waals surface area (Å²) in [6.45, 7) is 2.63. The highest BCUT2D eigenvalue weighted by Gasteiger charge is 2.22. The van der Waals surface area contributed by atoms with Crippen LogP contribution in [0.2, 0.25) is 5.02 Å². The lowest BCUT2D eigenvalue weighted by Crippen LogP contribution is -2.31. The lowest BCUT2D eigenvalue weighted by Gasteiger charge is -2.11. The molecule has 1 atom stereocenters. The van der Waals surface area contributed by atoms with Gasteiger partial charge < -0.3 is 14.8 Å². The summed E-state index contributed by atoms with van der Waals surface area (Å²) in [7, 11) is 1.72. The van der Waals surface area contributed by atoms with Crippen LogP contribution in [0.15, 0.2) is 18.2 Å². The molecule has 94 valence electrons. The third-order valence-corrected chi connectivity index (χ3v) is 3.07. The summed E-state index contributed by atoms with van der Waals surface area (Å²) in [4.78, 5) is 0. The van der Waals surface area contributed by atoms with Gasteiger partial charge in [-0.05, 0) is 36.7 Å². The van der Waals surface area contributed by atoms with Crippen molar-refractivity contribution in [3.8, 4) is 5.75 Å². The Labute approximate surface area is 107 Å². The zero-order valence-electron chi connectivity index (χ0n) is 10.0. The van der Waals surface area contributed by atoms with Gasteiger partial charge in [-0.15, -0.1) is 0 Å². The Bertz CT molecular complexity index is 370. The van der Waals surface area contributed by atoms with Crippen LogP contribution in [0.4, 0.5) is 0 Å². The van der Waals surface area contributed by atoms with Crippen molar-refractivity contribution in [2.24, 2.45) is 0 Å². The van der Waals surface area contributed by atoms with Crippen LogP contribution in [0.1, 0.15) is 12.0 Å². The lowest BCUT2D eigenvalue weighted by molar-refractivity contribution is 0.189. The first-order chi connectivity index (χ1) is 8.29. The molecule has 0 saturated heterocycles. The summed E-state index contributed by atoms with van der Waals surface area (Å²) in [5.74, 6) is 0.970. The van der Waals surface area contributed by atoms with Crippen molar-refractivity contribution >= 4 is 11.6 Å². The van der Waals surface area contributed by atoms with Gasteiger partial charge in [0, 0.05) is 31.7 Å². The number of rotatable bonds is 6. The highest BCUT2D eigenvalue weighted by atomic mass is 35.5. The van der Waals surface area contributed by atoms with E-state index in [0.29, 0.717) is 0 Å². The molecule has 1 aromatic carbocycles. The van der Waals surface area contributed by atoms with Crippen LogP contribution in [0.5, 0.6) is 5.75 Å². The van der Waals surface area contributed by atoms with E-state index >= 15 is 0 Å². The van der Waals surface area contributed by atoms with E-state index in [1.165, 1.54) is 5.56 Å². The molecule has 3 nitrogen and oxygen atoms in total. The number of hydrogen-bond donors (Lipinski definition) is 1. The molecule has 0 aliphatic carbocycles. The molecule has 0 fully saturated rings. The molecule has 0 radical (unpaired) electrons. The normalized spacial score (nSPS) is 17.9. The molecule has 1 heterocycles. The molecule has 0 bridgehead atoms. The molecule has 1 unspecified atom stereocenters. The molecular formula is C13H18ClNO2. The molecule has 0 amide bonds. The molecule has 17 heavy (non-hydrogen) atoms. The van der Waals surface area contributed by atoms with Gasteiger partial charge in [0.1, 0.15) is 11.9 Å². The summed E-state index contributed by atoms with van der Waals surface area (Å²) in [6.07, 6.45) is 2.20. The third-order valence-electron chi connectivity index (χ3n) is 2.84. The van der Waals surface area contributed by atoms with Crippen molar-refractivity contribution < 1.29 is 9.47 Å². The second-order valence-corrected chi connectivity index (χ2v) is 4.68. The van der Waals surface area contributed by atoms with E-state index in [4.69, 9.17) is 21.1 Å². The second kappa shape index (κ2) is 6.24. The molecule has 0 spiro atoms. The molecule has 0 saturated carbocycles. The van der Waals surface area contributed by atoms with E-state index in [9.17, 15) is 0 Å². The molecule has 1 aliphatic rings. The molecule has 2 rings (SSSR count). The predicted molar refractivity (Wildman–Crippen MR) is 68.9 cm³/mol. The molecular weight excluding hydrogens is 238 g/mol. The standard InChI is InChI=1S/C13H18ClNO2/c1-16-6-2-5-15-9-12-8-10-7-11(14)3-4-13(10)17-12/h3-4,7,12,15H,2,5-6,8-9H2,1H3. The zero-order valence-corrected chi connectivity index (χ0v) is 10.8. The van der Waals surface area contributed by atoms with Gasteiger partial charge in [0.05, 0.1) is 0 Å². The number of benzene rings is 1. The van der Waals surface area contributed by atoms with Crippen molar-refractivity contribution in [2.75, 3.05) is 26.8 Å². The zero-order chi connectivity index (χ0) is 12.1. The molecule has 4 heteroatoms. The maximum Gasteiger partial charge on any atom is 0.123 e. The minimum absolute atomic E-state index is 0.228. The van der Waals surface area contributed by atoms with Crippen molar-refractivity contribution in [1.82, 2.24) is 5.32 Å². The van der Waals surface area contributed by atoms with E-state index in [0.717, 1.165) is 43.3 Å². The molecule has 0 aromatic heterocycles. The van der Waals surface area contributed by atoms with Gasteiger partial charge in [-0.2, -0.15) is 0 Å². The second-order valence-electron chi connectivity index (χ2n) is 4.25. The lowest BCUT2D eigenvalue weighted by atomic mass is 10.1. The van der Waals surface area contributed by atoms with E-state index in [1.54, 1.807) is 7.11 Å². The van der Waals surface area contributed by atoms with Crippen LogP contribution in [-0.2, 0) is 11.2 Å². The fraction of sp³-hybridized carbons (Fsp3) is 0.538. The quantitative estimate of drug-likeness (QED) is 0.791. The topological polar surface area (TPSA) is 30.5 Å². The van der Waals surface area contributed by atoms with Gasteiger partial charge in [0.15, 0.2) is 0 Å². The first-order valence-electron chi connectivity index (χ1n) is 5.94. The average molecular weight is 256 g/mol. The van der Waals surface area contributed by atoms with Gasteiger partial charge >= 0.3 is 0 Å². The Balaban J connectivity index is 1.73. The fourth-order valence-corrected chi connectivity index (χ4v) is 2.20. The van der Waals surface area contributed by atoms with Crippen LogP contribution < -0.4 is 10.1 Å². The fourth-order valence-electron chi connectivity index (χ4n) is 2.01. The number of hydrogen-bond acceptors (Lipinski definition) is 3. The summed E-state index contributed by atoms with van der Waals surface area (Å²) >= 11 is 5.95. The minimum Gasteiger partial charge on any atom is -0.488 e. The molecule has 1 aliphatic heterocycles. The minimum atomic E-state index is 0.228. The Morgan fingerprint density at radius 2 is 2.41 bits per heavy atom. The monoisotopic (exact) mass is 255 g/mol. The van der Waals surface area contributed by atoms with E-state index in [2.05, 4.69) is 5.32 Å². The van der Waals surface area contributed by atoms with Gasteiger partial charge in [-0.25, -0.2) is 0 Å². The van der Waals surface area contributed by atoms with Crippen LogP contribution in [0, 0.1) is 0 Å². The number of ether oxygens (including phenoxy) is 2. The summed E-state index contributed by atoms with van der Waals surface area (Å²) in [6, 6.07) is 5.80. The van der Waals surface area contributed by atoms with Crippen molar-refractivity contribution in [2.45, 2.75) is 18.9 Å². The van der Waals surface area contributed by atoms with Gasteiger partial charge in [0.25, 0.3) is 0 Å². The number of halogens is 1. The van der Waals surface area contributed by atoms with Gasteiger partial charge in [0.2, 0.25) is 0 Å². The number of fused-ring (bicyclic) bond motifs is 1. The maximum absolute atomic E-state index is 5.95.